The van der Waals surface area contributed by atoms with Crippen LogP contribution in [0.3, 0.4) is 0 Å². The Morgan fingerprint density at radius 1 is 1.38 bits per heavy atom. The van der Waals surface area contributed by atoms with E-state index in [0.717, 1.165) is 18.4 Å². The predicted molar refractivity (Wildman–Crippen MR) is 61.8 cm³/mol. The maximum absolute atomic E-state index is 11.8. The van der Waals surface area contributed by atoms with Crippen molar-refractivity contribution >= 4 is 5.78 Å². The van der Waals surface area contributed by atoms with Crippen LogP contribution in [0.2, 0.25) is 0 Å². The Morgan fingerprint density at radius 3 is 2.62 bits per heavy atom. The average Bonchev–Trinajstić information content (AvgIpc) is 2.34. The van der Waals surface area contributed by atoms with Crippen LogP contribution in [-0.2, 0) is 10.2 Å². The highest BCUT2D eigenvalue weighted by molar-refractivity contribution is 5.83. The summed E-state index contributed by atoms with van der Waals surface area (Å²) in [4.78, 5) is 11.8. The number of benzene rings is 1. The quantitative estimate of drug-likeness (QED) is 0.719. The van der Waals surface area contributed by atoms with Gasteiger partial charge in [0.1, 0.15) is 5.78 Å². The lowest BCUT2D eigenvalue weighted by atomic mass is 9.67. The van der Waals surface area contributed by atoms with Crippen LogP contribution in [0.5, 0.6) is 0 Å². The van der Waals surface area contributed by atoms with Crippen LogP contribution in [0.1, 0.15) is 31.7 Å². The monoisotopic (exact) mass is 213 g/mol. The minimum Gasteiger partial charge on any atom is -0.299 e. The van der Waals surface area contributed by atoms with Crippen molar-refractivity contribution in [2.75, 3.05) is 0 Å². The first kappa shape index (κ1) is 10.9. The van der Waals surface area contributed by atoms with Gasteiger partial charge in [-0.25, -0.2) is 0 Å². The highest BCUT2D eigenvalue weighted by Gasteiger charge is 2.40. The minimum atomic E-state index is -0.579. The Kier molecular flexibility index (Phi) is 2.78. The van der Waals surface area contributed by atoms with Crippen molar-refractivity contribution in [1.82, 2.24) is 0 Å². The predicted octanol–water partition coefficient (Wildman–Crippen LogP) is 2.84. The normalized spacial score (nSPS) is 29.8. The number of rotatable bonds is 1. The van der Waals surface area contributed by atoms with Crippen molar-refractivity contribution in [3.05, 3.63) is 35.9 Å². The van der Waals surface area contributed by atoms with E-state index in [1.165, 1.54) is 0 Å². The number of carbonyl (C=O) groups excluding carboxylic acids is 1. The van der Waals surface area contributed by atoms with Crippen LogP contribution in [0.15, 0.2) is 30.3 Å². The fourth-order valence-electron chi connectivity index (χ4n) is 2.35. The number of hydrogen-bond donors (Lipinski definition) is 0. The molecule has 0 aromatic heterocycles. The Bertz CT molecular complexity index is 432. The van der Waals surface area contributed by atoms with Crippen LogP contribution in [0.25, 0.3) is 0 Å². The highest BCUT2D eigenvalue weighted by Crippen LogP contribution is 2.39. The zero-order valence-corrected chi connectivity index (χ0v) is 9.44. The number of nitrogens with zero attached hydrogens (tertiary/aromatic N) is 1. The Balaban J connectivity index is 2.36. The summed E-state index contributed by atoms with van der Waals surface area (Å²) < 4.78 is 0. The number of nitriles is 1. The fourth-order valence-corrected chi connectivity index (χ4v) is 2.35. The maximum atomic E-state index is 11.8. The zero-order chi connectivity index (χ0) is 11.6. The molecule has 0 amide bonds. The summed E-state index contributed by atoms with van der Waals surface area (Å²) in [5.41, 5.74) is 0.406. The minimum absolute atomic E-state index is 0.116. The standard InChI is InChI=1S/C14H15NO/c1-11-7-8-14(10-15,9-13(11)16)12-5-3-2-4-6-12/h2-6,11H,7-9H2,1H3. The van der Waals surface area contributed by atoms with Crippen LogP contribution >= 0.6 is 0 Å². The third kappa shape index (κ3) is 1.74. The molecule has 2 rings (SSSR count). The third-order valence-electron chi connectivity index (χ3n) is 3.57. The van der Waals surface area contributed by atoms with Gasteiger partial charge in [0.15, 0.2) is 0 Å². The summed E-state index contributed by atoms with van der Waals surface area (Å²) in [5, 5.41) is 9.40. The van der Waals surface area contributed by atoms with E-state index >= 15 is 0 Å². The van der Waals surface area contributed by atoms with Gasteiger partial charge in [-0.15, -0.1) is 0 Å². The van der Waals surface area contributed by atoms with Gasteiger partial charge >= 0.3 is 0 Å². The molecule has 0 heterocycles. The zero-order valence-electron chi connectivity index (χ0n) is 9.44. The largest absolute Gasteiger partial charge is 0.299 e. The number of Topliss-reactive ketones (excluding diaryl/α,β-unsaturated/α-hetero) is 1. The van der Waals surface area contributed by atoms with Gasteiger partial charge in [-0.2, -0.15) is 5.26 Å². The second-order valence-corrected chi connectivity index (χ2v) is 4.64. The molecule has 2 nitrogen and oxygen atoms in total. The second kappa shape index (κ2) is 4.09. The number of hydrogen-bond acceptors (Lipinski definition) is 2. The molecule has 2 atom stereocenters. The van der Waals surface area contributed by atoms with Crippen molar-refractivity contribution < 1.29 is 4.79 Å². The Hall–Kier alpha value is -1.62. The van der Waals surface area contributed by atoms with Gasteiger partial charge in [-0.05, 0) is 18.4 Å². The molecular weight excluding hydrogens is 198 g/mol. The molecule has 0 radical (unpaired) electrons. The first-order valence-electron chi connectivity index (χ1n) is 5.67. The lowest BCUT2D eigenvalue weighted by Gasteiger charge is -2.33. The van der Waals surface area contributed by atoms with Crippen molar-refractivity contribution in [3.63, 3.8) is 0 Å². The molecule has 1 aliphatic rings. The summed E-state index contributed by atoms with van der Waals surface area (Å²) in [5.74, 6) is 0.335. The van der Waals surface area contributed by atoms with E-state index in [1.54, 1.807) is 0 Å². The molecule has 16 heavy (non-hydrogen) atoms. The van der Waals surface area contributed by atoms with Crippen molar-refractivity contribution in [1.29, 1.82) is 5.26 Å². The van der Waals surface area contributed by atoms with E-state index in [1.807, 2.05) is 37.3 Å². The molecule has 0 N–H and O–H groups in total. The first-order valence-corrected chi connectivity index (χ1v) is 5.67. The molecule has 1 fully saturated rings. The number of carbonyl (C=O) groups is 1. The average molecular weight is 213 g/mol. The van der Waals surface area contributed by atoms with Crippen molar-refractivity contribution in [2.45, 2.75) is 31.6 Å². The van der Waals surface area contributed by atoms with Crippen LogP contribution < -0.4 is 0 Å². The Morgan fingerprint density at radius 2 is 2.06 bits per heavy atom. The van der Waals surface area contributed by atoms with E-state index in [4.69, 9.17) is 0 Å². The van der Waals surface area contributed by atoms with E-state index in [2.05, 4.69) is 6.07 Å². The second-order valence-electron chi connectivity index (χ2n) is 4.64. The molecule has 0 aliphatic heterocycles. The smallest absolute Gasteiger partial charge is 0.137 e. The molecule has 2 unspecified atom stereocenters. The summed E-state index contributed by atoms with van der Waals surface area (Å²) in [6.07, 6.45) is 1.98. The Labute approximate surface area is 95.9 Å². The molecule has 1 aliphatic carbocycles. The van der Waals surface area contributed by atoms with Crippen LogP contribution in [0, 0.1) is 17.2 Å². The fraction of sp³-hybridized carbons (Fsp3) is 0.429. The number of ketones is 1. The summed E-state index contributed by atoms with van der Waals surface area (Å²) in [7, 11) is 0. The molecule has 1 aromatic rings. The summed E-state index contributed by atoms with van der Waals surface area (Å²) >= 11 is 0. The lowest BCUT2D eigenvalue weighted by Crippen LogP contribution is -2.35. The van der Waals surface area contributed by atoms with E-state index < -0.39 is 5.41 Å². The first-order chi connectivity index (χ1) is 7.68. The van der Waals surface area contributed by atoms with Crippen LogP contribution in [-0.4, -0.2) is 5.78 Å². The molecule has 1 aromatic carbocycles. The SMILES string of the molecule is CC1CCC(C#N)(c2ccccc2)CC1=O. The summed E-state index contributed by atoms with van der Waals surface area (Å²) in [6, 6.07) is 12.1. The van der Waals surface area contributed by atoms with E-state index in [0.29, 0.717) is 6.42 Å². The third-order valence-corrected chi connectivity index (χ3v) is 3.57. The van der Waals surface area contributed by atoms with Gasteiger partial charge in [0.2, 0.25) is 0 Å². The van der Waals surface area contributed by atoms with Gasteiger partial charge < -0.3 is 0 Å². The van der Waals surface area contributed by atoms with Gasteiger partial charge in [-0.3, -0.25) is 4.79 Å². The highest BCUT2D eigenvalue weighted by atomic mass is 16.1. The molecule has 2 heteroatoms. The van der Waals surface area contributed by atoms with Gasteiger partial charge in [0.05, 0.1) is 11.5 Å². The van der Waals surface area contributed by atoms with E-state index in [-0.39, 0.29) is 11.7 Å². The van der Waals surface area contributed by atoms with Crippen LogP contribution in [0.4, 0.5) is 0 Å². The van der Waals surface area contributed by atoms with Crippen molar-refractivity contribution in [3.8, 4) is 6.07 Å². The molecular formula is C14H15NO. The van der Waals surface area contributed by atoms with Gasteiger partial charge in [0.25, 0.3) is 0 Å². The van der Waals surface area contributed by atoms with E-state index in [9.17, 15) is 10.1 Å². The topological polar surface area (TPSA) is 40.9 Å². The summed E-state index contributed by atoms with van der Waals surface area (Å²) in [6.45, 7) is 1.95. The van der Waals surface area contributed by atoms with Crippen molar-refractivity contribution in [2.24, 2.45) is 5.92 Å². The van der Waals surface area contributed by atoms with Gasteiger partial charge in [-0.1, -0.05) is 37.3 Å². The molecule has 0 saturated heterocycles. The molecule has 0 bridgehead atoms. The van der Waals surface area contributed by atoms with Gasteiger partial charge in [0, 0.05) is 12.3 Å². The molecule has 1 saturated carbocycles. The maximum Gasteiger partial charge on any atom is 0.137 e. The molecule has 82 valence electrons. The lowest BCUT2D eigenvalue weighted by molar-refractivity contribution is -0.125. The molecule has 0 spiro atoms.